The normalized spacial score (nSPS) is 13.0. The molecule has 8 aromatic rings. The molecule has 1 aliphatic carbocycles. The molecule has 0 fully saturated rings. The second-order valence-corrected chi connectivity index (χ2v) is 13.0. The van der Waals surface area contributed by atoms with Gasteiger partial charge in [-0.05, 0) is 101 Å². The summed E-state index contributed by atoms with van der Waals surface area (Å²) >= 11 is 0. The summed E-state index contributed by atoms with van der Waals surface area (Å²) in [6.07, 6.45) is 0. The minimum absolute atomic E-state index is 0.0911. The van der Waals surface area contributed by atoms with Gasteiger partial charge in [-0.15, -0.1) is 0 Å². The highest BCUT2D eigenvalue weighted by Crippen LogP contribution is 2.51. The van der Waals surface area contributed by atoms with Crippen molar-refractivity contribution in [3.05, 3.63) is 181 Å². The quantitative estimate of drug-likeness (QED) is 0.185. The van der Waals surface area contributed by atoms with E-state index in [1.54, 1.807) is 0 Å². The van der Waals surface area contributed by atoms with Gasteiger partial charge in [-0.25, -0.2) is 0 Å². The Kier molecular flexibility index (Phi) is 6.48. The SMILES string of the molecule is CC1(C)c2ccccc2-c2ccc(N(c3ccccc3)c3cccc(N(c4ccccc4)c4ccc5oc6ccccc6c5c4)c3)cc21. The highest BCUT2D eigenvalue weighted by Gasteiger charge is 2.35. The minimum Gasteiger partial charge on any atom is -0.456 e. The zero-order valence-corrected chi connectivity index (χ0v) is 27.0. The summed E-state index contributed by atoms with van der Waals surface area (Å²) in [7, 11) is 0. The molecule has 1 heterocycles. The number of hydrogen-bond acceptors (Lipinski definition) is 3. The zero-order valence-electron chi connectivity index (χ0n) is 27.0. The van der Waals surface area contributed by atoms with Crippen molar-refractivity contribution in [2.75, 3.05) is 9.80 Å². The fraction of sp³-hybridized carbons (Fsp3) is 0.0667. The molecule has 0 atom stereocenters. The number of para-hydroxylation sites is 3. The van der Waals surface area contributed by atoms with Gasteiger partial charge in [0.2, 0.25) is 0 Å². The molecule has 0 bridgehead atoms. The first-order valence-corrected chi connectivity index (χ1v) is 16.5. The van der Waals surface area contributed by atoms with Crippen molar-refractivity contribution in [3.8, 4) is 11.1 Å². The summed E-state index contributed by atoms with van der Waals surface area (Å²) in [5, 5.41) is 2.22. The third-order valence-corrected chi connectivity index (χ3v) is 9.82. The Bertz CT molecular complexity index is 2440. The van der Waals surface area contributed by atoms with E-state index in [9.17, 15) is 0 Å². The van der Waals surface area contributed by atoms with E-state index in [0.29, 0.717) is 0 Å². The highest BCUT2D eigenvalue weighted by atomic mass is 16.3. The predicted octanol–water partition coefficient (Wildman–Crippen LogP) is 12.8. The molecule has 0 aliphatic heterocycles. The van der Waals surface area contributed by atoms with Crippen LogP contribution in [0, 0.1) is 0 Å². The van der Waals surface area contributed by atoms with Crippen molar-refractivity contribution < 1.29 is 4.42 Å². The minimum atomic E-state index is -0.0911. The summed E-state index contributed by atoms with van der Waals surface area (Å²) in [6.45, 7) is 4.68. The Morgan fingerprint density at radius 1 is 0.375 bits per heavy atom. The Labute approximate surface area is 280 Å². The van der Waals surface area contributed by atoms with E-state index in [0.717, 1.165) is 56.1 Å². The van der Waals surface area contributed by atoms with E-state index in [-0.39, 0.29) is 5.41 Å². The lowest BCUT2D eigenvalue weighted by Crippen LogP contribution is -2.17. The van der Waals surface area contributed by atoms with Crippen LogP contribution in [0.5, 0.6) is 0 Å². The number of fused-ring (bicyclic) bond motifs is 6. The first-order chi connectivity index (χ1) is 23.6. The summed E-state index contributed by atoms with van der Waals surface area (Å²) in [4.78, 5) is 4.70. The molecule has 0 unspecified atom stereocenters. The Hall–Kier alpha value is -6.06. The van der Waals surface area contributed by atoms with Gasteiger partial charge in [0.25, 0.3) is 0 Å². The van der Waals surface area contributed by atoms with Crippen LogP contribution in [0.4, 0.5) is 34.1 Å². The van der Waals surface area contributed by atoms with Gasteiger partial charge >= 0.3 is 0 Å². The van der Waals surface area contributed by atoms with Crippen molar-refractivity contribution in [2.45, 2.75) is 19.3 Å². The number of anilines is 6. The number of furan rings is 1. The molecule has 0 amide bonds. The van der Waals surface area contributed by atoms with Crippen LogP contribution in [0.2, 0.25) is 0 Å². The van der Waals surface area contributed by atoms with E-state index in [4.69, 9.17) is 4.42 Å². The highest BCUT2D eigenvalue weighted by molar-refractivity contribution is 6.06. The van der Waals surface area contributed by atoms with Gasteiger partial charge in [0.15, 0.2) is 0 Å². The van der Waals surface area contributed by atoms with Gasteiger partial charge < -0.3 is 14.2 Å². The van der Waals surface area contributed by atoms with E-state index in [1.165, 1.54) is 22.3 Å². The van der Waals surface area contributed by atoms with Gasteiger partial charge in [-0.2, -0.15) is 0 Å². The topological polar surface area (TPSA) is 19.6 Å². The molecule has 48 heavy (non-hydrogen) atoms. The molecule has 0 radical (unpaired) electrons. The molecule has 7 aromatic carbocycles. The van der Waals surface area contributed by atoms with E-state index in [1.807, 2.05) is 12.1 Å². The van der Waals surface area contributed by atoms with E-state index < -0.39 is 0 Å². The standard InChI is InChI=1S/C45H34N2O/c1-45(2)41-22-11-9-20-37(41)38-26-24-36(30-42(38)45)47(32-16-7-4-8-17-32)34-19-13-18-33(28-34)46(31-14-5-3-6-15-31)35-25-27-44-40(29-35)39-21-10-12-23-43(39)48-44/h3-30H,1-2H3. The Morgan fingerprint density at radius 3 is 1.62 bits per heavy atom. The molecule has 3 heteroatoms. The van der Waals surface area contributed by atoms with Gasteiger partial charge in [0.05, 0.1) is 0 Å². The van der Waals surface area contributed by atoms with Crippen LogP contribution in [-0.2, 0) is 5.41 Å². The van der Waals surface area contributed by atoms with Crippen LogP contribution in [0.3, 0.4) is 0 Å². The van der Waals surface area contributed by atoms with E-state index >= 15 is 0 Å². The Morgan fingerprint density at radius 2 is 0.896 bits per heavy atom. The number of rotatable bonds is 6. The summed E-state index contributed by atoms with van der Waals surface area (Å²) in [5.74, 6) is 0. The summed E-state index contributed by atoms with van der Waals surface area (Å²) < 4.78 is 6.19. The van der Waals surface area contributed by atoms with Crippen molar-refractivity contribution >= 4 is 56.1 Å². The molecule has 0 saturated carbocycles. The van der Waals surface area contributed by atoms with Gasteiger partial charge in [-0.3, -0.25) is 0 Å². The van der Waals surface area contributed by atoms with Crippen molar-refractivity contribution in [2.24, 2.45) is 0 Å². The van der Waals surface area contributed by atoms with Crippen LogP contribution in [0.25, 0.3) is 33.1 Å². The maximum Gasteiger partial charge on any atom is 0.135 e. The number of nitrogens with zero attached hydrogens (tertiary/aromatic N) is 2. The van der Waals surface area contributed by atoms with Crippen molar-refractivity contribution in [1.29, 1.82) is 0 Å². The second-order valence-electron chi connectivity index (χ2n) is 13.0. The first kappa shape index (κ1) is 28.2. The molecule has 1 aromatic heterocycles. The third kappa shape index (κ3) is 4.51. The largest absolute Gasteiger partial charge is 0.456 e. The fourth-order valence-electron chi connectivity index (χ4n) is 7.50. The summed E-state index contributed by atoms with van der Waals surface area (Å²) in [5.41, 5.74) is 13.6. The molecule has 3 nitrogen and oxygen atoms in total. The molecule has 0 N–H and O–H groups in total. The maximum absolute atomic E-state index is 6.19. The lowest BCUT2D eigenvalue weighted by atomic mass is 9.82. The van der Waals surface area contributed by atoms with Gasteiger partial charge in [0.1, 0.15) is 11.2 Å². The molecule has 0 spiro atoms. The van der Waals surface area contributed by atoms with Gasteiger partial charge in [-0.1, -0.05) is 105 Å². The molecular weight excluding hydrogens is 585 g/mol. The lowest BCUT2D eigenvalue weighted by molar-refractivity contribution is 0.660. The van der Waals surface area contributed by atoms with E-state index in [2.05, 4.69) is 181 Å². The van der Waals surface area contributed by atoms with Crippen LogP contribution in [0.1, 0.15) is 25.0 Å². The van der Waals surface area contributed by atoms with Crippen molar-refractivity contribution in [3.63, 3.8) is 0 Å². The smallest absolute Gasteiger partial charge is 0.135 e. The zero-order chi connectivity index (χ0) is 32.2. The monoisotopic (exact) mass is 618 g/mol. The van der Waals surface area contributed by atoms with Crippen LogP contribution in [-0.4, -0.2) is 0 Å². The molecule has 230 valence electrons. The Balaban J connectivity index is 1.20. The molecule has 0 saturated heterocycles. The van der Waals surface area contributed by atoms with Crippen LogP contribution < -0.4 is 9.80 Å². The third-order valence-electron chi connectivity index (χ3n) is 9.82. The molecular formula is C45H34N2O. The number of benzene rings is 7. The van der Waals surface area contributed by atoms with Crippen LogP contribution in [0.15, 0.2) is 174 Å². The molecule has 9 rings (SSSR count). The molecule has 1 aliphatic rings. The fourth-order valence-corrected chi connectivity index (χ4v) is 7.50. The first-order valence-electron chi connectivity index (χ1n) is 16.5. The lowest BCUT2D eigenvalue weighted by Gasteiger charge is -2.30. The number of hydrogen-bond donors (Lipinski definition) is 0. The summed E-state index contributed by atoms with van der Waals surface area (Å²) in [6, 6.07) is 60.6. The van der Waals surface area contributed by atoms with Crippen LogP contribution >= 0.6 is 0 Å². The van der Waals surface area contributed by atoms with Gasteiger partial charge in [0, 0.05) is 50.3 Å². The average Bonchev–Trinajstić information content (AvgIpc) is 3.61. The maximum atomic E-state index is 6.19. The van der Waals surface area contributed by atoms with Crippen molar-refractivity contribution in [1.82, 2.24) is 0 Å². The second kappa shape index (κ2) is 11.0. The predicted molar refractivity (Wildman–Crippen MR) is 201 cm³/mol. The average molecular weight is 619 g/mol.